The van der Waals surface area contributed by atoms with Crippen molar-refractivity contribution >= 4 is 35.2 Å². The second kappa shape index (κ2) is 10.3. The van der Waals surface area contributed by atoms with E-state index in [-0.39, 0.29) is 12.2 Å². The average molecular weight is 529 g/mol. The molecule has 2 aromatic heterocycles. The molecule has 1 atom stereocenters. The summed E-state index contributed by atoms with van der Waals surface area (Å²) in [5.41, 5.74) is 2.95. The van der Waals surface area contributed by atoms with Gasteiger partial charge in [-0.15, -0.1) is 11.3 Å². The Balaban J connectivity index is 1.59. The molecule has 0 amide bonds. The Morgan fingerprint density at radius 3 is 2.34 bits per heavy atom. The summed E-state index contributed by atoms with van der Waals surface area (Å²) in [6.07, 6.45) is 6.79. The summed E-state index contributed by atoms with van der Waals surface area (Å²) in [7, 11) is -4.84. The second-order valence-electron chi connectivity index (χ2n) is 10.3. The largest absolute Gasteiger partial charge is 0.466 e. The molecule has 0 aliphatic carbocycles. The third kappa shape index (κ3) is 5.90. The van der Waals surface area contributed by atoms with Crippen molar-refractivity contribution < 1.29 is 17.9 Å². The van der Waals surface area contributed by atoms with Gasteiger partial charge in [0.1, 0.15) is 11.1 Å². The molecule has 3 heterocycles. The molecular formula is C26H32N2O4S2Si. The lowest BCUT2D eigenvalue weighted by atomic mass is 9.95. The van der Waals surface area contributed by atoms with Crippen LogP contribution in [-0.4, -0.2) is 44.8 Å². The van der Waals surface area contributed by atoms with Crippen molar-refractivity contribution in [3.63, 3.8) is 0 Å². The van der Waals surface area contributed by atoms with Crippen LogP contribution in [0.4, 0.5) is 0 Å². The van der Waals surface area contributed by atoms with E-state index in [9.17, 15) is 13.2 Å². The van der Waals surface area contributed by atoms with Crippen LogP contribution in [0.25, 0.3) is 21.6 Å². The van der Waals surface area contributed by atoms with Crippen molar-refractivity contribution in [2.24, 2.45) is 0 Å². The Labute approximate surface area is 212 Å². The molecule has 1 fully saturated rings. The van der Waals surface area contributed by atoms with E-state index in [1.54, 1.807) is 12.4 Å². The van der Waals surface area contributed by atoms with Gasteiger partial charge in [0.2, 0.25) is 0 Å². The van der Waals surface area contributed by atoms with Crippen LogP contribution in [0.15, 0.2) is 55.1 Å². The Bertz CT molecular complexity index is 1270. The lowest BCUT2D eigenvalue weighted by molar-refractivity contribution is -0.144. The van der Waals surface area contributed by atoms with E-state index in [4.69, 9.17) is 4.74 Å². The van der Waals surface area contributed by atoms with Crippen LogP contribution in [0.1, 0.15) is 30.6 Å². The molecule has 1 aliphatic heterocycles. The number of thiophene rings is 1. The minimum Gasteiger partial charge on any atom is -0.466 e. The number of carbonyl (C=O) groups excluding carboxylic acids is 1. The van der Waals surface area contributed by atoms with Crippen LogP contribution >= 0.6 is 11.3 Å². The zero-order chi connectivity index (χ0) is 25.1. The van der Waals surface area contributed by atoms with Gasteiger partial charge in [0.25, 0.3) is 0 Å². The van der Waals surface area contributed by atoms with Gasteiger partial charge >= 0.3 is 5.97 Å². The molecule has 1 aliphatic rings. The van der Waals surface area contributed by atoms with Crippen LogP contribution in [0.3, 0.4) is 0 Å². The highest BCUT2D eigenvalue weighted by Gasteiger charge is 2.49. The fraction of sp³-hybridized carbons (Fsp3) is 0.423. The summed E-state index contributed by atoms with van der Waals surface area (Å²) < 4.78 is 31.2. The van der Waals surface area contributed by atoms with Gasteiger partial charge < -0.3 is 4.74 Å². The quantitative estimate of drug-likeness (QED) is 0.266. The number of sulfone groups is 1. The van der Waals surface area contributed by atoms with Crippen molar-refractivity contribution in [3.8, 4) is 21.6 Å². The number of hydrogen-bond acceptors (Lipinski definition) is 7. The maximum atomic E-state index is 13.4. The first-order valence-electron chi connectivity index (χ1n) is 11.9. The zero-order valence-electron chi connectivity index (χ0n) is 20.5. The minimum absolute atomic E-state index is 0.107. The molecule has 35 heavy (non-hydrogen) atoms. The molecule has 0 saturated carbocycles. The van der Waals surface area contributed by atoms with E-state index >= 15 is 0 Å². The summed E-state index contributed by atoms with van der Waals surface area (Å²) in [4.78, 5) is 22.7. The van der Waals surface area contributed by atoms with Crippen LogP contribution in [-0.2, 0) is 24.1 Å². The van der Waals surface area contributed by atoms with Crippen LogP contribution in [0.2, 0.25) is 25.7 Å². The van der Waals surface area contributed by atoms with Crippen molar-refractivity contribution in [2.75, 3.05) is 12.4 Å². The number of ether oxygens (including phenoxy) is 1. The van der Waals surface area contributed by atoms with Crippen LogP contribution < -0.4 is 0 Å². The van der Waals surface area contributed by atoms with Crippen molar-refractivity contribution in [1.29, 1.82) is 0 Å². The number of esters is 1. The number of benzene rings is 1. The molecule has 186 valence electrons. The molecule has 0 spiro atoms. The van der Waals surface area contributed by atoms with Crippen molar-refractivity contribution in [3.05, 3.63) is 60.0 Å². The van der Waals surface area contributed by atoms with Crippen LogP contribution in [0.5, 0.6) is 0 Å². The summed E-state index contributed by atoms with van der Waals surface area (Å²) in [5.74, 6) is -0.311. The highest BCUT2D eigenvalue weighted by atomic mass is 32.2. The van der Waals surface area contributed by atoms with Gasteiger partial charge in [0.05, 0.1) is 18.8 Å². The first-order valence-corrected chi connectivity index (χ1v) is 18.1. The Hall–Kier alpha value is -2.36. The number of nitrogens with zero attached hydrogens (tertiary/aromatic N) is 2. The van der Waals surface area contributed by atoms with Gasteiger partial charge in [-0.2, -0.15) is 0 Å². The maximum Gasteiger partial charge on any atom is 0.307 e. The van der Waals surface area contributed by atoms with E-state index < -0.39 is 28.6 Å². The van der Waals surface area contributed by atoms with E-state index in [1.807, 2.05) is 36.4 Å². The third-order valence-corrected chi connectivity index (χ3v) is 12.3. The minimum atomic E-state index is -3.49. The van der Waals surface area contributed by atoms with E-state index in [0.29, 0.717) is 19.4 Å². The standard InChI is InChI=1S/C26H32N2O4S2Si/c1-35(2,3)15-13-32-25(29)16-26(12-4-5-14-34(26,30)31)24-11-10-23(33-24)21-8-6-20(7-9-21)22-17-27-19-28-18-22/h6-11,17-19H,4-5,12-16H2,1-3H3/t26-/m0/s1. The van der Waals surface area contributed by atoms with Gasteiger partial charge in [-0.1, -0.05) is 50.3 Å². The Morgan fingerprint density at radius 2 is 1.69 bits per heavy atom. The van der Waals surface area contributed by atoms with Gasteiger partial charge in [-0.25, -0.2) is 18.4 Å². The lowest BCUT2D eigenvalue weighted by Crippen LogP contribution is -2.42. The molecule has 0 bridgehead atoms. The zero-order valence-corrected chi connectivity index (χ0v) is 23.1. The van der Waals surface area contributed by atoms with Gasteiger partial charge in [0.15, 0.2) is 9.84 Å². The number of carbonyl (C=O) groups is 1. The van der Waals surface area contributed by atoms with Gasteiger partial charge in [-0.3, -0.25) is 4.79 Å². The second-order valence-corrected chi connectivity index (χ2v) is 19.5. The molecule has 1 saturated heterocycles. The highest BCUT2D eigenvalue weighted by Crippen LogP contribution is 2.47. The lowest BCUT2D eigenvalue weighted by Gasteiger charge is -2.35. The van der Waals surface area contributed by atoms with E-state index in [1.165, 1.54) is 17.7 Å². The molecule has 3 aromatic rings. The predicted molar refractivity (Wildman–Crippen MR) is 144 cm³/mol. The number of rotatable bonds is 8. The van der Waals surface area contributed by atoms with Crippen LogP contribution in [0, 0.1) is 0 Å². The number of aromatic nitrogens is 2. The average Bonchev–Trinajstić information content (AvgIpc) is 3.31. The Kier molecular flexibility index (Phi) is 7.59. The molecule has 9 heteroatoms. The number of hydrogen-bond donors (Lipinski definition) is 0. The molecule has 0 radical (unpaired) electrons. The summed E-state index contributed by atoms with van der Waals surface area (Å²) in [6.45, 7) is 7.03. The van der Waals surface area contributed by atoms with E-state index in [0.717, 1.165) is 38.9 Å². The smallest absolute Gasteiger partial charge is 0.307 e. The molecule has 0 unspecified atom stereocenters. The molecule has 4 rings (SSSR count). The molecular weight excluding hydrogens is 497 g/mol. The normalized spacial score (nSPS) is 19.9. The van der Waals surface area contributed by atoms with Crippen molar-refractivity contribution in [1.82, 2.24) is 9.97 Å². The van der Waals surface area contributed by atoms with E-state index in [2.05, 4.69) is 29.6 Å². The fourth-order valence-corrected chi connectivity index (χ4v) is 8.87. The van der Waals surface area contributed by atoms with Gasteiger partial charge in [-0.05, 0) is 42.1 Å². The summed E-state index contributed by atoms with van der Waals surface area (Å²) >= 11 is 1.46. The molecule has 6 nitrogen and oxygen atoms in total. The topological polar surface area (TPSA) is 86.2 Å². The first kappa shape index (κ1) is 25.7. The Morgan fingerprint density at radius 1 is 1.00 bits per heavy atom. The summed E-state index contributed by atoms with van der Waals surface area (Å²) in [6, 6.07) is 12.8. The van der Waals surface area contributed by atoms with Crippen molar-refractivity contribution in [2.45, 2.75) is 56.1 Å². The summed E-state index contributed by atoms with van der Waals surface area (Å²) in [5, 5.41) is 0. The predicted octanol–water partition coefficient (Wildman–Crippen LogP) is 5.94. The first-order chi connectivity index (χ1) is 16.6. The SMILES string of the molecule is C[Si](C)(C)CCOC(=O)C[C@]1(c2ccc(-c3ccc(-c4cncnc4)cc3)s2)CCCCS1(=O)=O. The highest BCUT2D eigenvalue weighted by molar-refractivity contribution is 7.92. The third-order valence-electron chi connectivity index (χ3n) is 6.50. The fourth-order valence-electron chi connectivity index (χ4n) is 4.38. The molecule has 0 N–H and O–H groups in total. The maximum absolute atomic E-state index is 13.4. The monoisotopic (exact) mass is 528 g/mol. The molecule has 1 aromatic carbocycles. The van der Waals surface area contributed by atoms with Gasteiger partial charge in [0, 0.05) is 35.8 Å².